The third-order valence-electron chi connectivity index (χ3n) is 2.00. The molecule has 78 valence electrons. The first-order valence-electron chi connectivity index (χ1n) is 4.81. The van der Waals surface area contributed by atoms with Crippen LogP contribution in [-0.2, 0) is 0 Å². The molecule has 0 atom stereocenters. The van der Waals surface area contributed by atoms with Crippen LogP contribution in [0.2, 0.25) is 0 Å². The zero-order valence-corrected chi connectivity index (χ0v) is 8.84. The van der Waals surface area contributed by atoms with Gasteiger partial charge in [-0.05, 0) is 18.1 Å². The van der Waals surface area contributed by atoms with Crippen LogP contribution in [0.3, 0.4) is 0 Å². The third kappa shape index (κ3) is 2.37. The standard InChI is InChI=1S/C13H10N2O/c1-16-13-5-3-2-4-11(13)6-7-12-10-14-8-9-15-12/h2-5,8-10H,1H3. The van der Waals surface area contributed by atoms with Gasteiger partial charge in [0.1, 0.15) is 11.4 Å². The molecule has 0 N–H and O–H groups in total. The summed E-state index contributed by atoms with van der Waals surface area (Å²) in [5.41, 5.74) is 1.49. The van der Waals surface area contributed by atoms with Crippen LogP contribution in [0.5, 0.6) is 5.75 Å². The van der Waals surface area contributed by atoms with Crippen LogP contribution >= 0.6 is 0 Å². The lowest BCUT2D eigenvalue weighted by molar-refractivity contribution is 0.413. The van der Waals surface area contributed by atoms with E-state index in [-0.39, 0.29) is 0 Å². The number of aromatic nitrogens is 2. The second kappa shape index (κ2) is 4.94. The summed E-state index contributed by atoms with van der Waals surface area (Å²) in [4.78, 5) is 8.02. The van der Waals surface area contributed by atoms with E-state index in [0.29, 0.717) is 5.69 Å². The molecular weight excluding hydrogens is 200 g/mol. The van der Waals surface area contributed by atoms with Crippen molar-refractivity contribution in [2.45, 2.75) is 0 Å². The number of para-hydroxylation sites is 1. The van der Waals surface area contributed by atoms with Crippen molar-refractivity contribution in [3.8, 4) is 17.6 Å². The molecule has 0 bridgehead atoms. The summed E-state index contributed by atoms with van der Waals surface area (Å²) >= 11 is 0. The average Bonchev–Trinajstić information content (AvgIpc) is 2.38. The maximum atomic E-state index is 5.20. The third-order valence-corrected chi connectivity index (χ3v) is 2.00. The SMILES string of the molecule is COc1ccccc1C#Cc1cnccn1. The van der Waals surface area contributed by atoms with Crippen molar-refractivity contribution in [3.05, 3.63) is 54.1 Å². The number of benzene rings is 1. The Morgan fingerprint density at radius 1 is 1.12 bits per heavy atom. The van der Waals surface area contributed by atoms with E-state index < -0.39 is 0 Å². The Morgan fingerprint density at radius 2 is 2.00 bits per heavy atom. The predicted molar refractivity (Wildman–Crippen MR) is 61.0 cm³/mol. The van der Waals surface area contributed by atoms with Crippen molar-refractivity contribution in [1.82, 2.24) is 9.97 Å². The highest BCUT2D eigenvalue weighted by Crippen LogP contribution is 2.15. The van der Waals surface area contributed by atoms with E-state index in [1.165, 1.54) is 0 Å². The van der Waals surface area contributed by atoms with E-state index in [1.54, 1.807) is 25.7 Å². The van der Waals surface area contributed by atoms with Crippen LogP contribution in [0.1, 0.15) is 11.3 Å². The molecule has 1 aromatic carbocycles. The summed E-state index contributed by atoms with van der Waals surface area (Å²) in [6, 6.07) is 7.61. The molecule has 0 saturated carbocycles. The molecule has 0 aliphatic rings. The van der Waals surface area contributed by atoms with E-state index in [0.717, 1.165) is 11.3 Å². The summed E-state index contributed by atoms with van der Waals surface area (Å²) < 4.78 is 5.20. The highest BCUT2D eigenvalue weighted by atomic mass is 16.5. The quantitative estimate of drug-likeness (QED) is 0.674. The number of ether oxygens (including phenoxy) is 1. The fourth-order valence-electron chi connectivity index (χ4n) is 1.24. The number of nitrogens with zero attached hydrogens (tertiary/aromatic N) is 2. The van der Waals surface area contributed by atoms with Gasteiger partial charge in [-0.3, -0.25) is 4.98 Å². The summed E-state index contributed by atoms with van der Waals surface area (Å²) in [5, 5.41) is 0. The van der Waals surface area contributed by atoms with Gasteiger partial charge in [0.05, 0.1) is 18.9 Å². The van der Waals surface area contributed by atoms with Crippen molar-refractivity contribution in [2.75, 3.05) is 7.11 Å². The van der Waals surface area contributed by atoms with E-state index >= 15 is 0 Å². The lowest BCUT2D eigenvalue weighted by atomic mass is 10.2. The van der Waals surface area contributed by atoms with Gasteiger partial charge >= 0.3 is 0 Å². The molecular formula is C13H10N2O. The highest BCUT2D eigenvalue weighted by Gasteiger charge is 1.96. The first-order chi connectivity index (χ1) is 7.90. The predicted octanol–water partition coefficient (Wildman–Crippen LogP) is 1.89. The van der Waals surface area contributed by atoms with Gasteiger partial charge in [0.25, 0.3) is 0 Å². The van der Waals surface area contributed by atoms with Crippen molar-refractivity contribution in [3.63, 3.8) is 0 Å². The fraction of sp³-hybridized carbons (Fsp3) is 0.0769. The van der Waals surface area contributed by atoms with Gasteiger partial charge in [-0.15, -0.1) is 0 Å². The number of methoxy groups -OCH3 is 1. The Balaban J connectivity index is 2.31. The molecule has 2 aromatic rings. The molecule has 1 heterocycles. The molecule has 3 nitrogen and oxygen atoms in total. The lowest BCUT2D eigenvalue weighted by Gasteiger charge is -2.00. The minimum atomic E-state index is 0.647. The Labute approximate surface area is 94.1 Å². The van der Waals surface area contributed by atoms with Crippen molar-refractivity contribution in [2.24, 2.45) is 0 Å². The Kier molecular flexibility index (Phi) is 3.15. The van der Waals surface area contributed by atoms with Gasteiger partial charge in [-0.2, -0.15) is 0 Å². The van der Waals surface area contributed by atoms with Gasteiger partial charge in [-0.1, -0.05) is 18.1 Å². The van der Waals surface area contributed by atoms with E-state index in [9.17, 15) is 0 Å². The van der Waals surface area contributed by atoms with E-state index in [2.05, 4.69) is 21.8 Å². The number of hydrogen-bond donors (Lipinski definition) is 0. The molecule has 16 heavy (non-hydrogen) atoms. The zero-order valence-electron chi connectivity index (χ0n) is 8.84. The smallest absolute Gasteiger partial charge is 0.134 e. The number of hydrogen-bond acceptors (Lipinski definition) is 3. The minimum Gasteiger partial charge on any atom is -0.495 e. The summed E-state index contributed by atoms with van der Waals surface area (Å²) in [5.74, 6) is 6.70. The van der Waals surface area contributed by atoms with Crippen LogP contribution in [-0.4, -0.2) is 17.1 Å². The van der Waals surface area contributed by atoms with Crippen LogP contribution in [0.25, 0.3) is 0 Å². The molecule has 0 fully saturated rings. The van der Waals surface area contributed by atoms with E-state index in [1.807, 2.05) is 24.3 Å². The van der Waals surface area contributed by atoms with Crippen molar-refractivity contribution >= 4 is 0 Å². The van der Waals surface area contributed by atoms with Gasteiger partial charge < -0.3 is 4.74 Å². The molecule has 1 aromatic heterocycles. The Bertz CT molecular complexity index is 526. The van der Waals surface area contributed by atoms with Gasteiger partial charge in [-0.25, -0.2) is 4.98 Å². The Morgan fingerprint density at radius 3 is 2.75 bits per heavy atom. The maximum Gasteiger partial charge on any atom is 0.134 e. The van der Waals surface area contributed by atoms with Crippen LogP contribution < -0.4 is 4.74 Å². The fourth-order valence-corrected chi connectivity index (χ4v) is 1.24. The summed E-state index contributed by atoms with van der Waals surface area (Å²) in [6.07, 6.45) is 4.86. The maximum absolute atomic E-state index is 5.20. The normalized spacial score (nSPS) is 9.06. The van der Waals surface area contributed by atoms with Crippen LogP contribution in [0, 0.1) is 11.8 Å². The molecule has 0 saturated heterocycles. The minimum absolute atomic E-state index is 0.647. The lowest BCUT2D eigenvalue weighted by Crippen LogP contribution is -1.87. The monoisotopic (exact) mass is 210 g/mol. The highest BCUT2D eigenvalue weighted by molar-refractivity contribution is 5.48. The van der Waals surface area contributed by atoms with Crippen molar-refractivity contribution in [1.29, 1.82) is 0 Å². The molecule has 0 radical (unpaired) electrons. The average molecular weight is 210 g/mol. The Hall–Kier alpha value is -2.34. The van der Waals surface area contributed by atoms with Gasteiger partial charge in [0.2, 0.25) is 0 Å². The van der Waals surface area contributed by atoms with E-state index in [4.69, 9.17) is 4.74 Å². The second-order valence-corrected chi connectivity index (χ2v) is 3.04. The molecule has 0 unspecified atom stereocenters. The first kappa shape index (κ1) is 10.2. The topological polar surface area (TPSA) is 35.0 Å². The second-order valence-electron chi connectivity index (χ2n) is 3.04. The number of rotatable bonds is 1. The molecule has 2 rings (SSSR count). The van der Waals surface area contributed by atoms with Crippen LogP contribution in [0.15, 0.2) is 42.9 Å². The van der Waals surface area contributed by atoms with Crippen molar-refractivity contribution < 1.29 is 4.74 Å². The van der Waals surface area contributed by atoms with Gasteiger partial charge in [0, 0.05) is 12.4 Å². The molecule has 0 spiro atoms. The first-order valence-corrected chi connectivity index (χ1v) is 4.81. The molecule has 0 aliphatic heterocycles. The van der Waals surface area contributed by atoms with Gasteiger partial charge in [0.15, 0.2) is 0 Å². The zero-order chi connectivity index (χ0) is 11.2. The molecule has 0 aliphatic carbocycles. The summed E-state index contributed by atoms with van der Waals surface area (Å²) in [7, 11) is 1.63. The molecule has 0 amide bonds. The molecule has 3 heteroatoms. The summed E-state index contributed by atoms with van der Waals surface area (Å²) in [6.45, 7) is 0. The largest absolute Gasteiger partial charge is 0.495 e. The van der Waals surface area contributed by atoms with Crippen LogP contribution in [0.4, 0.5) is 0 Å².